The molecule has 0 aliphatic rings. The fourth-order valence-electron chi connectivity index (χ4n) is 2.07. The van der Waals surface area contributed by atoms with Gasteiger partial charge >= 0.3 is 5.97 Å². The summed E-state index contributed by atoms with van der Waals surface area (Å²) in [4.78, 5) is 11.6. The van der Waals surface area contributed by atoms with Crippen molar-refractivity contribution in [3.63, 3.8) is 0 Å². The summed E-state index contributed by atoms with van der Waals surface area (Å²) in [5.41, 5.74) is 1.48. The average molecular weight is 300 g/mol. The Labute approximate surface area is 130 Å². The molecule has 0 bridgehead atoms. The van der Waals surface area contributed by atoms with Crippen LogP contribution in [0.1, 0.15) is 35.7 Å². The van der Waals surface area contributed by atoms with E-state index < -0.39 is 5.97 Å². The van der Waals surface area contributed by atoms with E-state index in [4.69, 9.17) is 9.47 Å². The van der Waals surface area contributed by atoms with Gasteiger partial charge in [-0.05, 0) is 30.7 Å². The van der Waals surface area contributed by atoms with Crippen LogP contribution < -0.4 is 4.74 Å². The smallest absolute Gasteiger partial charge is 0.338 e. The van der Waals surface area contributed by atoms with Crippen LogP contribution in [-0.2, 0) is 4.74 Å². The minimum atomic E-state index is -0.456. The monoisotopic (exact) mass is 300 g/mol. The minimum absolute atomic E-state index is 0.0641. The third kappa shape index (κ3) is 4.01. The van der Waals surface area contributed by atoms with E-state index >= 15 is 0 Å². The largest absolute Gasteiger partial charge is 0.504 e. The first-order valence-electron chi connectivity index (χ1n) is 7.29. The Morgan fingerprint density at radius 1 is 1.18 bits per heavy atom. The van der Waals surface area contributed by atoms with Crippen molar-refractivity contribution in [3.8, 4) is 11.5 Å². The van der Waals surface area contributed by atoms with Crippen LogP contribution in [0.15, 0.2) is 48.5 Å². The molecule has 4 heteroatoms. The van der Waals surface area contributed by atoms with Gasteiger partial charge in [0.05, 0.1) is 18.8 Å². The molecule has 0 radical (unpaired) electrons. The minimum Gasteiger partial charge on any atom is -0.504 e. The average Bonchev–Trinajstić information content (AvgIpc) is 2.54. The van der Waals surface area contributed by atoms with Crippen LogP contribution in [0.25, 0.3) is 0 Å². The van der Waals surface area contributed by atoms with Gasteiger partial charge in [-0.15, -0.1) is 0 Å². The van der Waals surface area contributed by atoms with Gasteiger partial charge in [0, 0.05) is 5.92 Å². The standard InChI is InChI=1S/C18H20O4/c1-3-21-18(20)15-9-10-17(16(19)11-15)22-12-13(2)14-7-5-4-6-8-14/h4-11,13,19H,3,12H2,1-2H3. The molecule has 116 valence electrons. The first-order valence-corrected chi connectivity index (χ1v) is 7.29. The number of hydrogen-bond acceptors (Lipinski definition) is 4. The van der Waals surface area contributed by atoms with Crippen LogP contribution in [0, 0.1) is 0 Å². The Morgan fingerprint density at radius 2 is 1.91 bits per heavy atom. The van der Waals surface area contributed by atoms with Gasteiger partial charge in [0.2, 0.25) is 0 Å². The van der Waals surface area contributed by atoms with Crippen molar-refractivity contribution in [3.05, 3.63) is 59.7 Å². The third-order valence-electron chi connectivity index (χ3n) is 3.33. The topological polar surface area (TPSA) is 55.8 Å². The lowest BCUT2D eigenvalue weighted by Gasteiger charge is -2.14. The molecule has 0 saturated heterocycles. The zero-order valence-electron chi connectivity index (χ0n) is 12.8. The molecule has 0 amide bonds. The summed E-state index contributed by atoms with van der Waals surface area (Å²) in [6.07, 6.45) is 0. The molecular weight excluding hydrogens is 280 g/mol. The highest BCUT2D eigenvalue weighted by Crippen LogP contribution is 2.28. The first-order chi connectivity index (χ1) is 10.6. The Balaban J connectivity index is 2.00. The van der Waals surface area contributed by atoms with Crippen molar-refractivity contribution in [1.82, 2.24) is 0 Å². The molecule has 2 aromatic rings. The van der Waals surface area contributed by atoms with E-state index in [0.717, 1.165) is 0 Å². The van der Waals surface area contributed by atoms with Crippen LogP contribution in [0.2, 0.25) is 0 Å². The number of rotatable bonds is 6. The summed E-state index contributed by atoms with van der Waals surface area (Å²) in [5.74, 6) is 0.0361. The lowest BCUT2D eigenvalue weighted by atomic mass is 10.0. The molecule has 0 fully saturated rings. The molecule has 1 atom stereocenters. The highest BCUT2D eigenvalue weighted by Gasteiger charge is 2.12. The van der Waals surface area contributed by atoms with Crippen LogP contribution in [-0.4, -0.2) is 24.3 Å². The molecule has 0 aliphatic heterocycles. The number of carbonyl (C=O) groups excluding carboxylic acids is 1. The first kappa shape index (κ1) is 15.9. The van der Waals surface area contributed by atoms with E-state index in [1.54, 1.807) is 19.1 Å². The van der Waals surface area contributed by atoms with Gasteiger partial charge in [-0.1, -0.05) is 37.3 Å². The van der Waals surface area contributed by atoms with Gasteiger partial charge < -0.3 is 14.6 Å². The van der Waals surface area contributed by atoms with Gasteiger partial charge in [-0.2, -0.15) is 0 Å². The number of esters is 1. The van der Waals surface area contributed by atoms with Crippen molar-refractivity contribution in [2.24, 2.45) is 0 Å². The molecule has 4 nitrogen and oxygen atoms in total. The number of aromatic hydroxyl groups is 1. The maximum atomic E-state index is 11.6. The molecule has 0 spiro atoms. The Morgan fingerprint density at radius 3 is 2.55 bits per heavy atom. The summed E-state index contributed by atoms with van der Waals surface area (Å²) >= 11 is 0. The molecule has 1 unspecified atom stereocenters. The lowest BCUT2D eigenvalue weighted by molar-refractivity contribution is 0.0526. The molecule has 1 N–H and O–H groups in total. The highest BCUT2D eigenvalue weighted by molar-refractivity contribution is 5.90. The summed E-state index contributed by atoms with van der Waals surface area (Å²) in [5, 5.41) is 9.96. The number of benzene rings is 2. The summed E-state index contributed by atoms with van der Waals surface area (Å²) in [7, 11) is 0. The second-order valence-corrected chi connectivity index (χ2v) is 5.03. The van der Waals surface area contributed by atoms with E-state index in [0.29, 0.717) is 24.5 Å². The van der Waals surface area contributed by atoms with Gasteiger partial charge in [-0.3, -0.25) is 0 Å². The fraction of sp³-hybridized carbons (Fsp3) is 0.278. The van der Waals surface area contributed by atoms with Gasteiger partial charge in [0.1, 0.15) is 0 Å². The zero-order valence-corrected chi connectivity index (χ0v) is 12.8. The number of hydrogen-bond donors (Lipinski definition) is 1. The van der Waals surface area contributed by atoms with Crippen LogP contribution in [0.3, 0.4) is 0 Å². The van der Waals surface area contributed by atoms with Crippen molar-refractivity contribution >= 4 is 5.97 Å². The number of phenolic OH excluding ortho intramolecular Hbond substituents is 1. The molecular formula is C18H20O4. The van der Waals surface area contributed by atoms with E-state index in [2.05, 4.69) is 6.92 Å². The van der Waals surface area contributed by atoms with Gasteiger partial charge in [0.15, 0.2) is 11.5 Å². The van der Waals surface area contributed by atoms with Crippen molar-refractivity contribution in [2.75, 3.05) is 13.2 Å². The van der Waals surface area contributed by atoms with Gasteiger partial charge in [0.25, 0.3) is 0 Å². The fourth-order valence-corrected chi connectivity index (χ4v) is 2.07. The lowest BCUT2D eigenvalue weighted by Crippen LogP contribution is -2.08. The molecule has 2 aromatic carbocycles. The normalized spacial score (nSPS) is 11.7. The Bertz CT molecular complexity index is 622. The van der Waals surface area contributed by atoms with E-state index in [1.165, 1.54) is 11.6 Å². The molecule has 2 rings (SSSR count). The maximum Gasteiger partial charge on any atom is 0.338 e. The summed E-state index contributed by atoms with van der Waals surface area (Å²) < 4.78 is 10.5. The summed E-state index contributed by atoms with van der Waals surface area (Å²) in [6, 6.07) is 14.5. The second-order valence-electron chi connectivity index (χ2n) is 5.03. The Hall–Kier alpha value is -2.49. The Kier molecular flexibility index (Phi) is 5.42. The SMILES string of the molecule is CCOC(=O)c1ccc(OCC(C)c2ccccc2)c(O)c1. The zero-order chi connectivity index (χ0) is 15.9. The van der Waals surface area contributed by atoms with Crippen molar-refractivity contribution < 1.29 is 19.4 Å². The molecule has 0 aromatic heterocycles. The van der Waals surface area contributed by atoms with Crippen LogP contribution in [0.4, 0.5) is 0 Å². The number of carbonyl (C=O) groups is 1. The van der Waals surface area contributed by atoms with Crippen LogP contribution >= 0.6 is 0 Å². The number of ether oxygens (including phenoxy) is 2. The van der Waals surface area contributed by atoms with E-state index in [9.17, 15) is 9.90 Å². The van der Waals surface area contributed by atoms with E-state index in [1.807, 2.05) is 30.3 Å². The predicted molar refractivity (Wildman–Crippen MR) is 84.4 cm³/mol. The molecule has 22 heavy (non-hydrogen) atoms. The molecule has 0 saturated carbocycles. The molecule has 0 aliphatic carbocycles. The number of phenols is 1. The predicted octanol–water partition coefficient (Wildman–Crippen LogP) is 3.75. The van der Waals surface area contributed by atoms with Crippen molar-refractivity contribution in [1.29, 1.82) is 0 Å². The van der Waals surface area contributed by atoms with Crippen LogP contribution in [0.5, 0.6) is 11.5 Å². The quantitative estimate of drug-likeness (QED) is 0.825. The maximum absolute atomic E-state index is 11.6. The van der Waals surface area contributed by atoms with Gasteiger partial charge in [-0.25, -0.2) is 4.79 Å². The molecule has 0 heterocycles. The third-order valence-corrected chi connectivity index (χ3v) is 3.33. The highest BCUT2D eigenvalue weighted by atomic mass is 16.5. The summed E-state index contributed by atoms with van der Waals surface area (Å²) in [6.45, 7) is 4.53. The van der Waals surface area contributed by atoms with Crippen molar-refractivity contribution in [2.45, 2.75) is 19.8 Å². The second kappa shape index (κ2) is 7.50. The van der Waals surface area contributed by atoms with E-state index in [-0.39, 0.29) is 11.7 Å².